The van der Waals surface area contributed by atoms with Gasteiger partial charge in [0.15, 0.2) is 0 Å². The first kappa shape index (κ1) is 16.3. The van der Waals surface area contributed by atoms with Gasteiger partial charge in [-0.3, -0.25) is 0 Å². The Morgan fingerprint density at radius 3 is 2.35 bits per heavy atom. The van der Waals surface area contributed by atoms with Gasteiger partial charge in [0.2, 0.25) is 0 Å². The molecule has 0 aliphatic rings. The lowest BCUT2D eigenvalue weighted by atomic mass is 9.94. The van der Waals surface area contributed by atoms with Crippen molar-refractivity contribution < 1.29 is 13.2 Å². The summed E-state index contributed by atoms with van der Waals surface area (Å²) in [6.07, 6.45) is -3.63. The average Bonchev–Trinajstić information content (AvgIpc) is 2.23. The zero-order valence-electron chi connectivity index (χ0n) is 10.5. The SMILES string of the molecule is CC#CCCNC(C)(CN)CCCC(F)(F)F. The van der Waals surface area contributed by atoms with E-state index < -0.39 is 18.1 Å². The van der Waals surface area contributed by atoms with Crippen molar-refractivity contribution in [2.75, 3.05) is 13.1 Å². The number of nitrogens with one attached hydrogen (secondary N) is 1. The Labute approximate surface area is 101 Å². The third-order valence-corrected chi connectivity index (χ3v) is 2.62. The maximum Gasteiger partial charge on any atom is 0.389 e. The van der Waals surface area contributed by atoms with Gasteiger partial charge >= 0.3 is 6.18 Å². The Kier molecular flexibility index (Phi) is 7.24. The molecule has 0 radical (unpaired) electrons. The Morgan fingerprint density at radius 1 is 1.24 bits per heavy atom. The van der Waals surface area contributed by atoms with Crippen LogP contribution in [0.15, 0.2) is 0 Å². The molecule has 0 aromatic rings. The second-order valence-corrected chi connectivity index (χ2v) is 4.34. The van der Waals surface area contributed by atoms with Gasteiger partial charge in [-0.25, -0.2) is 0 Å². The fourth-order valence-electron chi connectivity index (χ4n) is 1.49. The van der Waals surface area contributed by atoms with Crippen molar-refractivity contribution in [1.82, 2.24) is 5.32 Å². The predicted octanol–water partition coefficient (Wildman–Crippen LogP) is 2.44. The van der Waals surface area contributed by atoms with Crippen LogP contribution < -0.4 is 11.1 Å². The van der Waals surface area contributed by atoms with Gasteiger partial charge in [0.1, 0.15) is 0 Å². The number of rotatable bonds is 7. The average molecular weight is 250 g/mol. The molecule has 1 atom stereocenters. The summed E-state index contributed by atoms with van der Waals surface area (Å²) in [6, 6.07) is 0. The van der Waals surface area contributed by atoms with Crippen molar-refractivity contribution in [3.05, 3.63) is 0 Å². The highest BCUT2D eigenvalue weighted by Gasteiger charge is 2.29. The quantitative estimate of drug-likeness (QED) is 0.538. The molecule has 0 saturated carbocycles. The Balaban J connectivity index is 3.95. The minimum Gasteiger partial charge on any atom is -0.329 e. The van der Waals surface area contributed by atoms with Crippen LogP contribution in [0.25, 0.3) is 0 Å². The van der Waals surface area contributed by atoms with E-state index in [9.17, 15) is 13.2 Å². The third-order valence-electron chi connectivity index (χ3n) is 2.62. The monoisotopic (exact) mass is 250 g/mol. The van der Waals surface area contributed by atoms with Gasteiger partial charge in [-0.05, 0) is 26.7 Å². The van der Waals surface area contributed by atoms with E-state index in [1.807, 2.05) is 6.92 Å². The first-order chi connectivity index (χ1) is 7.83. The maximum atomic E-state index is 12.0. The lowest BCUT2D eigenvalue weighted by Crippen LogP contribution is -2.49. The summed E-state index contributed by atoms with van der Waals surface area (Å²) in [7, 11) is 0. The second-order valence-electron chi connectivity index (χ2n) is 4.34. The Bertz CT molecular complexity index is 265. The molecule has 0 bridgehead atoms. The van der Waals surface area contributed by atoms with Crippen molar-refractivity contribution >= 4 is 0 Å². The standard InChI is InChI=1S/C12H21F3N2/c1-3-4-5-9-17-11(2,10-16)7-6-8-12(13,14)15/h17H,5-10,16H2,1-2H3. The van der Waals surface area contributed by atoms with Gasteiger partial charge in [-0.1, -0.05) is 0 Å². The van der Waals surface area contributed by atoms with Crippen molar-refractivity contribution in [2.45, 2.75) is 51.2 Å². The molecule has 1 unspecified atom stereocenters. The summed E-state index contributed by atoms with van der Waals surface area (Å²) < 4.78 is 36.1. The van der Waals surface area contributed by atoms with Crippen LogP contribution in [0.1, 0.15) is 39.5 Å². The van der Waals surface area contributed by atoms with Crippen LogP contribution in [0.3, 0.4) is 0 Å². The smallest absolute Gasteiger partial charge is 0.329 e. The molecule has 5 heteroatoms. The van der Waals surface area contributed by atoms with Crippen LogP contribution in [-0.4, -0.2) is 24.8 Å². The lowest BCUT2D eigenvalue weighted by Gasteiger charge is -2.29. The van der Waals surface area contributed by atoms with Gasteiger partial charge in [0.05, 0.1) is 0 Å². The first-order valence-electron chi connectivity index (χ1n) is 5.74. The van der Waals surface area contributed by atoms with Crippen LogP contribution in [0.4, 0.5) is 13.2 Å². The molecule has 0 heterocycles. The highest BCUT2D eigenvalue weighted by Crippen LogP contribution is 2.24. The molecule has 3 N–H and O–H groups in total. The van der Waals surface area contributed by atoms with Crippen molar-refractivity contribution in [2.24, 2.45) is 5.73 Å². The summed E-state index contributed by atoms with van der Waals surface area (Å²) >= 11 is 0. The molecule has 17 heavy (non-hydrogen) atoms. The van der Waals surface area contributed by atoms with Crippen molar-refractivity contribution in [1.29, 1.82) is 0 Å². The van der Waals surface area contributed by atoms with Gasteiger partial charge in [-0.15, -0.1) is 11.8 Å². The van der Waals surface area contributed by atoms with E-state index >= 15 is 0 Å². The van der Waals surface area contributed by atoms with Crippen LogP contribution >= 0.6 is 0 Å². The second kappa shape index (κ2) is 7.57. The van der Waals surface area contributed by atoms with E-state index in [1.165, 1.54) is 0 Å². The van der Waals surface area contributed by atoms with E-state index in [0.29, 0.717) is 25.9 Å². The van der Waals surface area contributed by atoms with Gasteiger partial charge < -0.3 is 11.1 Å². The van der Waals surface area contributed by atoms with Crippen molar-refractivity contribution in [3.63, 3.8) is 0 Å². The van der Waals surface area contributed by atoms with Crippen LogP contribution in [-0.2, 0) is 0 Å². The van der Waals surface area contributed by atoms with Gasteiger partial charge in [0.25, 0.3) is 0 Å². The molecule has 0 fully saturated rings. The highest BCUT2D eigenvalue weighted by atomic mass is 19.4. The maximum absolute atomic E-state index is 12.0. The zero-order valence-corrected chi connectivity index (χ0v) is 10.5. The molecule has 0 aromatic carbocycles. The normalized spacial score (nSPS) is 14.9. The fraction of sp³-hybridized carbons (Fsp3) is 0.833. The molecule has 0 saturated heterocycles. The van der Waals surface area contributed by atoms with Crippen LogP contribution in [0.2, 0.25) is 0 Å². The number of hydrogen-bond acceptors (Lipinski definition) is 2. The first-order valence-corrected chi connectivity index (χ1v) is 5.74. The molecule has 100 valence electrons. The molecular weight excluding hydrogens is 229 g/mol. The minimum atomic E-state index is -4.08. The highest BCUT2D eigenvalue weighted by molar-refractivity contribution is 4.96. The fourth-order valence-corrected chi connectivity index (χ4v) is 1.49. The number of alkyl halides is 3. The van der Waals surface area contributed by atoms with Gasteiger partial charge in [0, 0.05) is 31.5 Å². The topological polar surface area (TPSA) is 38.0 Å². The molecule has 0 aliphatic heterocycles. The summed E-state index contributed by atoms with van der Waals surface area (Å²) in [5.41, 5.74) is 5.16. The van der Waals surface area contributed by atoms with Crippen LogP contribution in [0.5, 0.6) is 0 Å². The molecule has 0 aromatic heterocycles. The number of nitrogens with two attached hydrogens (primary N) is 1. The van der Waals surface area contributed by atoms with E-state index in [1.54, 1.807) is 6.92 Å². The largest absolute Gasteiger partial charge is 0.389 e. The van der Waals surface area contributed by atoms with Crippen LogP contribution in [0, 0.1) is 11.8 Å². The summed E-state index contributed by atoms with van der Waals surface area (Å²) in [6.45, 7) is 4.58. The molecule has 0 spiro atoms. The third kappa shape index (κ3) is 9.02. The van der Waals surface area contributed by atoms with E-state index in [-0.39, 0.29) is 6.42 Å². The predicted molar refractivity (Wildman–Crippen MR) is 63.4 cm³/mol. The molecular formula is C12H21F3N2. The minimum absolute atomic E-state index is 0.101. The summed E-state index contributed by atoms with van der Waals surface area (Å²) in [5, 5.41) is 3.17. The number of halogens is 3. The van der Waals surface area contributed by atoms with Gasteiger partial charge in [-0.2, -0.15) is 13.2 Å². The summed E-state index contributed by atoms with van der Waals surface area (Å²) in [5.74, 6) is 5.66. The van der Waals surface area contributed by atoms with E-state index in [0.717, 1.165) is 0 Å². The molecule has 0 aliphatic carbocycles. The molecule has 0 amide bonds. The molecule has 2 nitrogen and oxygen atoms in total. The Morgan fingerprint density at radius 2 is 1.88 bits per heavy atom. The zero-order chi connectivity index (χ0) is 13.4. The Hall–Kier alpha value is -0.730. The van der Waals surface area contributed by atoms with Crippen molar-refractivity contribution in [3.8, 4) is 11.8 Å². The number of hydrogen-bond donors (Lipinski definition) is 2. The molecule has 0 rings (SSSR count). The van der Waals surface area contributed by atoms with E-state index in [2.05, 4.69) is 17.2 Å². The van der Waals surface area contributed by atoms with E-state index in [4.69, 9.17) is 5.73 Å². The summed E-state index contributed by atoms with van der Waals surface area (Å²) in [4.78, 5) is 0. The lowest BCUT2D eigenvalue weighted by molar-refractivity contribution is -0.136.